The van der Waals surface area contributed by atoms with Gasteiger partial charge in [0.1, 0.15) is 18.0 Å². The Morgan fingerprint density at radius 1 is 1.61 bits per heavy atom. The van der Waals surface area contributed by atoms with Gasteiger partial charge < -0.3 is 10.0 Å². The Morgan fingerprint density at radius 3 is 2.78 bits per heavy atom. The van der Waals surface area contributed by atoms with Gasteiger partial charge in [0.25, 0.3) is 5.69 Å². The van der Waals surface area contributed by atoms with Crippen LogP contribution in [-0.2, 0) is 4.79 Å². The summed E-state index contributed by atoms with van der Waals surface area (Å²) >= 11 is 0. The van der Waals surface area contributed by atoms with Crippen LogP contribution in [-0.4, -0.2) is 29.1 Å². The number of terminal acetylenes is 1. The van der Waals surface area contributed by atoms with E-state index in [1.807, 2.05) is 0 Å². The van der Waals surface area contributed by atoms with Crippen LogP contribution in [0.4, 0.5) is 15.8 Å². The molecule has 0 saturated carbocycles. The first kappa shape index (κ1) is 13.4. The summed E-state index contributed by atoms with van der Waals surface area (Å²) in [6.07, 6.45) is 5.06. The zero-order chi connectivity index (χ0) is 13.7. The van der Waals surface area contributed by atoms with Crippen LogP contribution in [0.3, 0.4) is 0 Å². The van der Waals surface area contributed by atoms with Crippen LogP contribution in [0, 0.1) is 28.3 Å². The van der Waals surface area contributed by atoms with Gasteiger partial charge in [0.2, 0.25) is 0 Å². The first-order valence-electron chi connectivity index (χ1n) is 4.80. The van der Waals surface area contributed by atoms with Crippen LogP contribution >= 0.6 is 0 Å². The van der Waals surface area contributed by atoms with Gasteiger partial charge in [0.05, 0.1) is 11.5 Å². The fourth-order valence-electron chi connectivity index (χ4n) is 1.40. The monoisotopic (exact) mass is 252 g/mol. The van der Waals surface area contributed by atoms with Gasteiger partial charge in [-0.1, -0.05) is 5.92 Å². The maximum absolute atomic E-state index is 13.1. The molecule has 0 spiro atoms. The predicted molar refractivity (Wildman–Crippen MR) is 61.7 cm³/mol. The first-order valence-corrected chi connectivity index (χ1v) is 4.80. The summed E-state index contributed by atoms with van der Waals surface area (Å²) in [4.78, 5) is 21.8. The number of carboxylic acids is 1. The Hall–Kier alpha value is -2.62. The highest BCUT2D eigenvalue weighted by atomic mass is 19.1. The molecule has 7 heteroatoms. The maximum Gasteiger partial charge on any atom is 0.323 e. The Bertz CT molecular complexity index is 524. The van der Waals surface area contributed by atoms with Crippen molar-refractivity contribution in [3.05, 3.63) is 34.1 Å². The summed E-state index contributed by atoms with van der Waals surface area (Å²) in [5.41, 5.74) is -0.548. The van der Waals surface area contributed by atoms with Gasteiger partial charge in [0, 0.05) is 12.1 Å². The molecule has 0 saturated heterocycles. The number of hydrogen-bond donors (Lipinski definition) is 1. The topological polar surface area (TPSA) is 83.7 Å². The Balaban J connectivity index is 3.25. The number of aliphatic carboxylic acids is 1. The fraction of sp³-hybridized carbons (Fsp3) is 0.182. The second-order valence-electron chi connectivity index (χ2n) is 3.34. The van der Waals surface area contributed by atoms with Gasteiger partial charge in [-0.3, -0.25) is 14.9 Å². The number of nitro groups is 1. The largest absolute Gasteiger partial charge is 0.480 e. The lowest BCUT2D eigenvalue weighted by Crippen LogP contribution is -2.30. The van der Waals surface area contributed by atoms with Crippen LogP contribution in [0.2, 0.25) is 0 Å². The first-order chi connectivity index (χ1) is 8.45. The van der Waals surface area contributed by atoms with E-state index in [9.17, 15) is 19.3 Å². The van der Waals surface area contributed by atoms with Crippen molar-refractivity contribution < 1.29 is 19.2 Å². The molecule has 0 heterocycles. The van der Waals surface area contributed by atoms with Gasteiger partial charge in [-0.2, -0.15) is 0 Å². The maximum atomic E-state index is 13.1. The van der Waals surface area contributed by atoms with Crippen molar-refractivity contribution in [2.75, 3.05) is 18.0 Å². The number of nitro benzene ring substituents is 1. The van der Waals surface area contributed by atoms with Gasteiger partial charge in [0.15, 0.2) is 0 Å². The molecular formula is C11H9FN2O4. The van der Waals surface area contributed by atoms with Crippen molar-refractivity contribution in [1.29, 1.82) is 0 Å². The highest BCUT2D eigenvalue weighted by molar-refractivity contribution is 5.76. The van der Waals surface area contributed by atoms with Crippen molar-refractivity contribution >= 4 is 17.3 Å². The third-order valence-corrected chi connectivity index (χ3v) is 2.08. The predicted octanol–water partition coefficient (Wildman–Crippen LogP) is 1.26. The van der Waals surface area contributed by atoms with E-state index in [2.05, 4.69) is 5.92 Å². The molecule has 0 aliphatic heterocycles. The standard InChI is InChI=1S/C11H9FN2O4/c1-2-5-13(7-11(15)16)10-6-8(12)3-4-9(10)14(17)18/h1,3-4,6H,5,7H2,(H,15,16). The number of benzene rings is 1. The molecule has 1 N–H and O–H groups in total. The summed E-state index contributed by atoms with van der Waals surface area (Å²) in [5, 5.41) is 19.5. The second kappa shape index (κ2) is 5.63. The molecule has 0 aromatic heterocycles. The molecule has 0 atom stereocenters. The van der Waals surface area contributed by atoms with E-state index in [1.54, 1.807) is 0 Å². The van der Waals surface area contributed by atoms with Crippen molar-refractivity contribution in [1.82, 2.24) is 0 Å². The van der Waals surface area contributed by atoms with Crippen molar-refractivity contribution in [2.24, 2.45) is 0 Å². The van der Waals surface area contributed by atoms with Crippen LogP contribution in [0.1, 0.15) is 0 Å². The minimum Gasteiger partial charge on any atom is -0.480 e. The Kier molecular flexibility index (Phi) is 4.21. The molecule has 0 aliphatic rings. The van der Waals surface area contributed by atoms with E-state index in [0.29, 0.717) is 0 Å². The average Bonchev–Trinajstić information content (AvgIpc) is 2.27. The number of anilines is 1. The van der Waals surface area contributed by atoms with Gasteiger partial charge in [-0.25, -0.2) is 4.39 Å². The number of halogens is 1. The molecule has 1 aromatic carbocycles. The van der Waals surface area contributed by atoms with Crippen LogP contribution in [0.15, 0.2) is 18.2 Å². The van der Waals surface area contributed by atoms with Crippen LogP contribution < -0.4 is 4.90 Å². The van der Waals surface area contributed by atoms with E-state index in [4.69, 9.17) is 11.5 Å². The molecule has 0 bridgehead atoms. The number of hydrogen-bond acceptors (Lipinski definition) is 4. The molecule has 6 nitrogen and oxygen atoms in total. The second-order valence-corrected chi connectivity index (χ2v) is 3.34. The molecule has 0 aliphatic carbocycles. The Labute approximate surface area is 102 Å². The minimum atomic E-state index is -1.22. The van der Waals surface area contributed by atoms with Crippen LogP contribution in [0.25, 0.3) is 0 Å². The fourth-order valence-corrected chi connectivity index (χ4v) is 1.40. The summed E-state index contributed by atoms with van der Waals surface area (Å²) in [6, 6.07) is 2.78. The smallest absolute Gasteiger partial charge is 0.323 e. The quantitative estimate of drug-likeness (QED) is 0.484. The summed E-state index contributed by atoms with van der Waals surface area (Å²) in [7, 11) is 0. The number of carboxylic acid groups (broad SMARTS) is 1. The molecule has 0 amide bonds. The van der Waals surface area contributed by atoms with Gasteiger partial charge in [-0.15, -0.1) is 6.42 Å². The Morgan fingerprint density at radius 2 is 2.28 bits per heavy atom. The zero-order valence-electron chi connectivity index (χ0n) is 9.17. The number of carbonyl (C=O) groups is 1. The average molecular weight is 252 g/mol. The molecule has 0 radical (unpaired) electrons. The highest BCUT2D eigenvalue weighted by Crippen LogP contribution is 2.28. The summed E-state index contributed by atoms with van der Waals surface area (Å²) in [6.45, 7) is -0.717. The third-order valence-electron chi connectivity index (χ3n) is 2.08. The van der Waals surface area contributed by atoms with E-state index in [1.165, 1.54) is 0 Å². The van der Waals surface area contributed by atoms with E-state index < -0.39 is 28.9 Å². The molecule has 18 heavy (non-hydrogen) atoms. The van der Waals surface area contributed by atoms with Crippen LogP contribution in [0.5, 0.6) is 0 Å². The lowest BCUT2D eigenvalue weighted by atomic mass is 10.2. The number of rotatable bonds is 5. The number of nitrogens with zero attached hydrogens (tertiary/aromatic N) is 2. The molecule has 0 unspecified atom stereocenters. The molecule has 0 fully saturated rings. The summed E-state index contributed by atoms with van der Waals surface area (Å²) in [5.74, 6) is 0.251. The SMILES string of the molecule is C#CCN(CC(=O)O)c1cc(F)ccc1[N+](=O)[O-]. The highest BCUT2D eigenvalue weighted by Gasteiger charge is 2.21. The summed E-state index contributed by atoms with van der Waals surface area (Å²) < 4.78 is 13.1. The third kappa shape index (κ3) is 3.18. The molecule has 94 valence electrons. The normalized spacial score (nSPS) is 9.56. The lowest BCUT2D eigenvalue weighted by Gasteiger charge is -2.19. The van der Waals surface area contributed by atoms with E-state index in [-0.39, 0.29) is 12.2 Å². The van der Waals surface area contributed by atoms with Crippen molar-refractivity contribution in [2.45, 2.75) is 0 Å². The van der Waals surface area contributed by atoms with Gasteiger partial charge in [-0.05, 0) is 6.07 Å². The van der Waals surface area contributed by atoms with E-state index >= 15 is 0 Å². The van der Waals surface area contributed by atoms with Crippen molar-refractivity contribution in [3.63, 3.8) is 0 Å². The zero-order valence-corrected chi connectivity index (χ0v) is 9.17. The lowest BCUT2D eigenvalue weighted by molar-refractivity contribution is -0.384. The molecule has 1 rings (SSSR count). The van der Waals surface area contributed by atoms with Crippen molar-refractivity contribution in [3.8, 4) is 12.3 Å². The minimum absolute atomic E-state index is 0.152. The van der Waals surface area contributed by atoms with Gasteiger partial charge >= 0.3 is 5.97 Å². The van der Waals surface area contributed by atoms with E-state index in [0.717, 1.165) is 23.1 Å². The molecular weight excluding hydrogens is 243 g/mol. The molecule has 1 aromatic rings.